The second-order valence-corrected chi connectivity index (χ2v) is 6.93. The van der Waals surface area contributed by atoms with Crippen molar-refractivity contribution in [3.63, 3.8) is 0 Å². The van der Waals surface area contributed by atoms with Crippen LogP contribution in [0.2, 0.25) is 0 Å². The van der Waals surface area contributed by atoms with Crippen molar-refractivity contribution in [2.45, 2.75) is 58.7 Å². The van der Waals surface area contributed by atoms with Gasteiger partial charge in [0, 0.05) is 24.9 Å². The van der Waals surface area contributed by atoms with Crippen molar-refractivity contribution in [2.24, 2.45) is 10.7 Å². The molecule has 0 aromatic carbocycles. The van der Waals surface area contributed by atoms with E-state index in [-0.39, 0.29) is 35.8 Å². The van der Waals surface area contributed by atoms with Crippen molar-refractivity contribution in [2.75, 3.05) is 6.54 Å². The van der Waals surface area contributed by atoms with Crippen molar-refractivity contribution in [1.29, 1.82) is 0 Å². The lowest BCUT2D eigenvalue weighted by Gasteiger charge is -2.25. The van der Waals surface area contributed by atoms with Gasteiger partial charge >= 0.3 is 0 Å². The van der Waals surface area contributed by atoms with Gasteiger partial charge in [0.1, 0.15) is 18.1 Å². The number of aliphatic imine (C=N–C) groups is 1. The van der Waals surface area contributed by atoms with E-state index in [1.807, 2.05) is 11.6 Å². The molecule has 1 atom stereocenters. The van der Waals surface area contributed by atoms with E-state index in [4.69, 9.17) is 10.2 Å². The third-order valence-electron chi connectivity index (χ3n) is 4.37. The number of rotatable bonds is 6. The Morgan fingerprint density at radius 2 is 2.25 bits per heavy atom. The van der Waals surface area contributed by atoms with Crippen LogP contribution in [0.5, 0.6) is 0 Å². The number of furan rings is 1. The van der Waals surface area contributed by atoms with E-state index in [1.54, 1.807) is 12.1 Å². The first-order chi connectivity index (χ1) is 13.0. The first-order valence-corrected chi connectivity index (χ1v) is 9.33. The van der Waals surface area contributed by atoms with Crippen LogP contribution in [-0.4, -0.2) is 39.2 Å². The number of aromatic nitrogens is 3. The van der Waals surface area contributed by atoms with Crippen LogP contribution < -0.4 is 16.4 Å². The van der Waals surface area contributed by atoms with Gasteiger partial charge in [0.2, 0.25) is 0 Å². The van der Waals surface area contributed by atoms with Crippen LogP contribution in [-0.2, 0) is 19.5 Å². The Labute approximate surface area is 181 Å². The quantitative estimate of drug-likeness (QED) is 0.315. The number of amides is 1. The third kappa shape index (κ3) is 5.46. The summed E-state index contributed by atoms with van der Waals surface area (Å²) in [5, 5.41) is 11.3. The van der Waals surface area contributed by atoms with E-state index >= 15 is 0 Å². The largest absolute Gasteiger partial charge is 0.454 e. The zero-order valence-corrected chi connectivity index (χ0v) is 18.8. The van der Waals surface area contributed by atoms with Gasteiger partial charge in [-0.15, -0.1) is 24.0 Å². The molecule has 154 valence electrons. The molecule has 0 radical (unpaired) electrons. The van der Waals surface area contributed by atoms with Gasteiger partial charge in [-0.3, -0.25) is 4.79 Å². The van der Waals surface area contributed by atoms with Crippen LogP contribution >= 0.6 is 24.0 Å². The van der Waals surface area contributed by atoms with Crippen molar-refractivity contribution in [3.8, 4) is 0 Å². The lowest BCUT2D eigenvalue weighted by molar-refractivity contribution is 0.0972. The van der Waals surface area contributed by atoms with E-state index < -0.39 is 5.91 Å². The zero-order valence-electron chi connectivity index (χ0n) is 16.4. The second-order valence-electron chi connectivity index (χ2n) is 6.93. The summed E-state index contributed by atoms with van der Waals surface area (Å²) in [5.74, 6) is 3.12. The summed E-state index contributed by atoms with van der Waals surface area (Å²) in [5.41, 5.74) is 5.21. The molecule has 0 saturated heterocycles. The number of primary amides is 1. The fraction of sp³-hybridized carbons (Fsp3) is 0.556. The molecule has 1 aliphatic heterocycles. The lowest BCUT2D eigenvalue weighted by Crippen LogP contribution is -2.47. The number of nitrogens with zero attached hydrogens (tertiary/aromatic N) is 4. The molecule has 2 aromatic rings. The average molecular weight is 501 g/mol. The van der Waals surface area contributed by atoms with Gasteiger partial charge in [-0.1, -0.05) is 13.8 Å². The van der Waals surface area contributed by atoms with Crippen molar-refractivity contribution in [1.82, 2.24) is 25.4 Å². The fourth-order valence-electron chi connectivity index (χ4n) is 2.96. The van der Waals surface area contributed by atoms with E-state index in [0.717, 1.165) is 37.6 Å². The number of aryl methyl sites for hydroxylation is 1. The summed E-state index contributed by atoms with van der Waals surface area (Å²) in [6, 6.07) is 3.49. The first-order valence-electron chi connectivity index (χ1n) is 9.33. The Balaban J connectivity index is 0.00000280. The number of nitrogens with two attached hydrogens (primary N) is 1. The fourth-order valence-corrected chi connectivity index (χ4v) is 2.96. The van der Waals surface area contributed by atoms with Crippen LogP contribution in [0.1, 0.15) is 61.1 Å². The van der Waals surface area contributed by atoms with Gasteiger partial charge < -0.3 is 20.8 Å². The Hall–Kier alpha value is -2.11. The highest BCUT2D eigenvalue weighted by Gasteiger charge is 2.23. The molecule has 3 rings (SSSR count). The summed E-state index contributed by atoms with van der Waals surface area (Å²) in [6.07, 6.45) is 1.85. The number of halogens is 1. The summed E-state index contributed by atoms with van der Waals surface area (Å²) >= 11 is 0. The first kappa shape index (κ1) is 22.2. The molecule has 0 spiro atoms. The van der Waals surface area contributed by atoms with Gasteiger partial charge in [0.05, 0.1) is 6.54 Å². The highest BCUT2D eigenvalue weighted by Crippen LogP contribution is 2.17. The van der Waals surface area contributed by atoms with Gasteiger partial charge in [-0.2, -0.15) is 5.10 Å². The monoisotopic (exact) mass is 501 g/mol. The predicted octanol–water partition coefficient (Wildman–Crippen LogP) is 1.78. The number of guanidine groups is 1. The predicted molar refractivity (Wildman–Crippen MR) is 117 cm³/mol. The van der Waals surface area contributed by atoms with Crippen molar-refractivity contribution in [3.05, 3.63) is 35.3 Å². The molecule has 1 unspecified atom stereocenters. The van der Waals surface area contributed by atoms with Crippen LogP contribution in [0.3, 0.4) is 0 Å². The number of carbonyl (C=O) groups excluding carboxylic acids is 1. The molecule has 0 aliphatic carbocycles. The maximum absolute atomic E-state index is 11.1. The maximum Gasteiger partial charge on any atom is 0.284 e. The third-order valence-corrected chi connectivity index (χ3v) is 4.37. The molecule has 9 nitrogen and oxygen atoms in total. The van der Waals surface area contributed by atoms with Crippen LogP contribution in [0.4, 0.5) is 0 Å². The molecule has 28 heavy (non-hydrogen) atoms. The summed E-state index contributed by atoms with van der Waals surface area (Å²) in [6.45, 7) is 8.04. The number of hydrogen-bond acceptors (Lipinski definition) is 5. The van der Waals surface area contributed by atoms with Crippen LogP contribution in [0, 0.1) is 0 Å². The summed E-state index contributed by atoms with van der Waals surface area (Å²) < 4.78 is 7.37. The molecule has 10 heteroatoms. The molecule has 1 amide bonds. The normalized spacial score (nSPS) is 16.4. The van der Waals surface area contributed by atoms with E-state index in [1.165, 1.54) is 0 Å². The Morgan fingerprint density at radius 1 is 1.46 bits per heavy atom. The standard InChI is InChI=1S/C18H27N7O2.HI/c1-4-20-18(21-9-13-6-7-14(27-13)16(19)26)22-12-5-8-15-23-17(11(2)3)24-25(15)10-12;/h6-7,11-12H,4-5,8-10H2,1-3H3,(H2,19,26)(H2,20,21,22);1H. The van der Waals surface area contributed by atoms with Crippen molar-refractivity contribution >= 4 is 35.8 Å². The molecular weight excluding hydrogens is 473 g/mol. The van der Waals surface area contributed by atoms with E-state index in [0.29, 0.717) is 24.2 Å². The molecule has 3 heterocycles. The summed E-state index contributed by atoms with van der Waals surface area (Å²) in [7, 11) is 0. The minimum Gasteiger partial charge on any atom is -0.454 e. The Morgan fingerprint density at radius 3 is 2.89 bits per heavy atom. The van der Waals surface area contributed by atoms with Gasteiger partial charge in [-0.05, 0) is 25.5 Å². The maximum atomic E-state index is 11.1. The smallest absolute Gasteiger partial charge is 0.284 e. The Bertz CT molecular complexity index is 828. The highest BCUT2D eigenvalue weighted by molar-refractivity contribution is 14.0. The minimum absolute atomic E-state index is 0. The molecule has 0 bridgehead atoms. The highest BCUT2D eigenvalue weighted by atomic mass is 127. The molecule has 2 aromatic heterocycles. The molecule has 4 N–H and O–H groups in total. The van der Waals surface area contributed by atoms with E-state index in [9.17, 15) is 4.79 Å². The SMILES string of the molecule is CCNC(=NCc1ccc(C(N)=O)o1)NC1CCc2nc(C(C)C)nn2C1.I. The van der Waals surface area contributed by atoms with Crippen LogP contribution in [0.15, 0.2) is 21.5 Å². The number of hydrogen-bond donors (Lipinski definition) is 3. The van der Waals surface area contributed by atoms with E-state index in [2.05, 4.69) is 39.6 Å². The summed E-state index contributed by atoms with van der Waals surface area (Å²) in [4.78, 5) is 20.3. The average Bonchev–Trinajstić information content (AvgIpc) is 3.26. The minimum atomic E-state index is -0.582. The number of nitrogens with one attached hydrogen (secondary N) is 2. The molecule has 0 saturated carbocycles. The van der Waals surface area contributed by atoms with Crippen molar-refractivity contribution < 1.29 is 9.21 Å². The number of fused-ring (bicyclic) bond motifs is 1. The molecule has 0 fully saturated rings. The van der Waals surface area contributed by atoms with Gasteiger partial charge in [0.25, 0.3) is 5.91 Å². The zero-order chi connectivity index (χ0) is 19.4. The lowest BCUT2D eigenvalue weighted by atomic mass is 10.1. The molecule has 1 aliphatic rings. The second kappa shape index (κ2) is 9.89. The van der Waals surface area contributed by atoms with Crippen LogP contribution in [0.25, 0.3) is 0 Å². The number of carbonyl (C=O) groups is 1. The molecular formula is C18H28IN7O2. The van der Waals surface area contributed by atoms with Gasteiger partial charge in [0.15, 0.2) is 17.5 Å². The Kier molecular flexibility index (Phi) is 7.84. The topological polar surface area (TPSA) is 123 Å². The van der Waals surface area contributed by atoms with Gasteiger partial charge in [-0.25, -0.2) is 14.7 Å².